The molecule has 0 unspecified atom stereocenters. The van der Waals surface area contributed by atoms with E-state index in [9.17, 15) is 4.79 Å². The van der Waals surface area contributed by atoms with E-state index < -0.39 is 0 Å². The van der Waals surface area contributed by atoms with Crippen LogP contribution < -0.4 is 0 Å². The highest BCUT2D eigenvalue weighted by atomic mass is 16.5. The molecule has 1 aliphatic heterocycles. The highest BCUT2D eigenvalue weighted by Gasteiger charge is 2.26. The minimum absolute atomic E-state index is 0.186. The molecule has 0 aromatic heterocycles. The Balaban J connectivity index is 1.99. The summed E-state index contributed by atoms with van der Waals surface area (Å²) in [5.41, 5.74) is 6.39. The predicted molar refractivity (Wildman–Crippen MR) is 110 cm³/mol. The fraction of sp³-hybridized carbons (Fsp3) is 0.458. The van der Waals surface area contributed by atoms with Crippen molar-refractivity contribution in [1.29, 1.82) is 0 Å². The molecule has 0 N–H and O–H groups in total. The van der Waals surface area contributed by atoms with Crippen molar-refractivity contribution in [2.75, 3.05) is 6.61 Å². The van der Waals surface area contributed by atoms with Gasteiger partial charge in [-0.15, -0.1) is 0 Å². The summed E-state index contributed by atoms with van der Waals surface area (Å²) in [7, 11) is 0. The quantitative estimate of drug-likeness (QED) is 0.325. The maximum absolute atomic E-state index is 11.4. The van der Waals surface area contributed by atoms with E-state index in [1.165, 1.54) is 36.0 Å². The van der Waals surface area contributed by atoms with Crippen molar-refractivity contribution >= 4 is 5.97 Å². The number of esters is 1. The third-order valence-electron chi connectivity index (χ3n) is 5.19. The molecule has 0 spiro atoms. The van der Waals surface area contributed by atoms with Gasteiger partial charge in [0.2, 0.25) is 0 Å². The molecule has 0 atom stereocenters. The number of allylic oxidation sites excluding steroid dienone is 11. The van der Waals surface area contributed by atoms with Crippen molar-refractivity contribution in [2.45, 2.75) is 60.3 Å². The Hall–Kier alpha value is -2.09. The Labute approximate surface area is 158 Å². The standard InChI is InChI=1S/C24H32O2/c1-18(11-13-21-15-17-26-23(21)25)8-6-9-19(2)12-14-22-20(3)10-7-16-24(22,4)5/h6,8-9,11-14H,7,10,15-17H2,1-5H3/b8-6?,14-12?,18-11?,19-9?,21-13-. The molecule has 2 rings (SSSR count). The lowest BCUT2D eigenvalue weighted by Gasteiger charge is -2.32. The molecule has 0 saturated carbocycles. The van der Waals surface area contributed by atoms with E-state index in [4.69, 9.17) is 4.74 Å². The summed E-state index contributed by atoms with van der Waals surface area (Å²) in [6, 6.07) is 0. The van der Waals surface area contributed by atoms with Gasteiger partial charge in [-0.3, -0.25) is 0 Å². The lowest BCUT2D eigenvalue weighted by molar-refractivity contribution is -0.135. The largest absolute Gasteiger partial charge is 0.462 e. The summed E-state index contributed by atoms with van der Waals surface area (Å²) in [6.07, 6.45) is 19.1. The maximum Gasteiger partial charge on any atom is 0.334 e. The van der Waals surface area contributed by atoms with Crippen LogP contribution in [0.1, 0.15) is 60.3 Å². The van der Waals surface area contributed by atoms with Crippen LogP contribution in [0, 0.1) is 5.41 Å². The van der Waals surface area contributed by atoms with Gasteiger partial charge in [-0.1, -0.05) is 73.1 Å². The van der Waals surface area contributed by atoms with Crippen molar-refractivity contribution in [3.8, 4) is 0 Å². The van der Waals surface area contributed by atoms with E-state index in [1.807, 2.05) is 19.1 Å². The summed E-state index contributed by atoms with van der Waals surface area (Å²) in [6.45, 7) is 11.6. The Morgan fingerprint density at radius 3 is 2.46 bits per heavy atom. The molecule has 26 heavy (non-hydrogen) atoms. The molecule has 0 bridgehead atoms. The van der Waals surface area contributed by atoms with Crippen LogP contribution in [-0.4, -0.2) is 12.6 Å². The van der Waals surface area contributed by atoms with Crippen molar-refractivity contribution in [1.82, 2.24) is 0 Å². The molecule has 140 valence electrons. The lowest BCUT2D eigenvalue weighted by Crippen LogP contribution is -2.19. The number of carbonyl (C=O) groups excluding carboxylic acids is 1. The van der Waals surface area contributed by atoms with Gasteiger partial charge in [-0.05, 0) is 51.0 Å². The van der Waals surface area contributed by atoms with E-state index in [1.54, 1.807) is 0 Å². The molecule has 1 fully saturated rings. The molecule has 2 nitrogen and oxygen atoms in total. The van der Waals surface area contributed by atoms with Crippen LogP contribution in [0.25, 0.3) is 0 Å². The highest BCUT2D eigenvalue weighted by molar-refractivity contribution is 5.90. The second-order valence-corrected chi connectivity index (χ2v) is 8.02. The van der Waals surface area contributed by atoms with Gasteiger partial charge in [0.05, 0.1) is 6.61 Å². The summed E-state index contributed by atoms with van der Waals surface area (Å²) in [5, 5.41) is 0. The summed E-state index contributed by atoms with van der Waals surface area (Å²) >= 11 is 0. The zero-order valence-corrected chi connectivity index (χ0v) is 16.9. The predicted octanol–water partition coefficient (Wildman–Crippen LogP) is 6.39. The Morgan fingerprint density at radius 1 is 1.08 bits per heavy atom. The van der Waals surface area contributed by atoms with Crippen molar-refractivity contribution in [3.63, 3.8) is 0 Å². The van der Waals surface area contributed by atoms with Gasteiger partial charge in [0.15, 0.2) is 0 Å². The van der Waals surface area contributed by atoms with Gasteiger partial charge in [-0.2, -0.15) is 0 Å². The third kappa shape index (κ3) is 5.72. The third-order valence-corrected chi connectivity index (χ3v) is 5.19. The van der Waals surface area contributed by atoms with E-state index in [0.717, 1.165) is 11.1 Å². The molecular formula is C24H32O2. The molecule has 0 aromatic rings. The number of ether oxygens (including phenoxy) is 1. The number of rotatable bonds is 5. The molecule has 1 saturated heterocycles. The molecule has 2 heteroatoms. The minimum Gasteiger partial charge on any atom is -0.462 e. The van der Waals surface area contributed by atoms with Crippen LogP contribution in [-0.2, 0) is 9.53 Å². The van der Waals surface area contributed by atoms with E-state index in [0.29, 0.717) is 13.0 Å². The Bertz CT molecular complexity index is 721. The highest BCUT2D eigenvalue weighted by Crippen LogP contribution is 2.40. The molecule has 0 amide bonds. The average molecular weight is 353 g/mol. The van der Waals surface area contributed by atoms with E-state index >= 15 is 0 Å². The summed E-state index contributed by atoms with van der Waals surface area (Å²) < 4.78 is 4.93. The maximum atomic E-state index is 11.4. The average Bonchev–Trinajstić information content (AvgIpc) is 2.97. The van der Waals surface area contributed by atoms with Crippen molar-refractivity contribution < 1.29 is 9.53 Å². The molecule has 2 aliphatic rings. The summed E-state index contributed by atoms with van der Waals surface area (Å²) in [5.74, 6) is -0.186. The normalized spacial score (nSPS) is 23.6. The van der Waals surface area contributed by atoms with Crippen molar-refractivity contribution in [3.05, 3.63) is 70.4 Å². The first-order valence-electron chi connectivity index (χ1n) is 9.57. The fourth-order valence-corrected chi connectivity index (χ4v) is 3.52. The first-order chi connectivity index (χ1) is 12.3. The van der Waals surface area contributed by atoms with Crippen LogP contribution in [0.2, 0.25) is 0 Å². The second-order valence-electron chi connectivity index (χ2n) is 8.02. The number of cyclic esters (lactones) is 1. The van der Waals surface area contributed by atoms with Crippen molar-refractivity contribution in [2.24, 2.45) is 5.41 Å². The Morgan fingerprint density at radius 2 is 1.81 bits per heavy atom. The topological polar surface area (TPSA) is 26.3 Å². The summed E-state index contributed by atoms with van der Waals surface area (Å²) in [4.78, 5) is 11.4. The smallest absolute Gasteiger partial charge is 0.334 e. The molecule has 1 aliphatic carbocycles. The minimum atomic E-state index is -0.186. The first-order valence-corrected chi connectivity index (χ1v) is 9.57. The molecular weight excluding hydrogens is 320 g/mol. The van der Waals surface area contributed by atoms with Gasteiger partial charge in [0, 0.05) is 12.0 Å². The zero-order chi connectivity index (χ0) is 19.2. The molecule has 0 radical (unpaired) electrons. The van der Waals surface area contributed by atoms with Gasteiger partial charge in [0.25, 0.3) is 0 Å². The second kappa shape index (κ2) is 9.02. The van der Waals surface area contributed by atoms with E-state index in [2.05, 4.69) is 58.1 Å². The lowest BCUT2D eigenvalue weighted by atomic mass is 9.72. The molecule has 0 aromatic carbocycles. The zero-order valence-electron chi connectivity index (χ0n) is 16.9. The van der Waals surface area contributed by atoms with E-state index in [-0.39, 0.29) is 11.4 Å². The van der Waals surface area contributed by atoms with Crippen LogP contribution in [0.3, 0.4) is 0 Å². The monoisotopic (exact) mass is 352 g/mol. The van der Waals surface area contributed by atoms with Gasteiger partial charge in [0.1, 0.15) is 0 Å². The number of carbonyl (C=O) groups is 1. The number of hydrogen-bond acceptors (Lipinski definition) is 2. The SMILES string of the molecule is CC(C=CC1=C(C)CCCC1(C)C)=CC=CC(C)=C/C=C1/CCOC1=O. The van der Waals surface area contributed by atoms with Crippen LogP contribution in [0.4, 0.5) is 0 Å². The Kier molecular flexibility index (Phi) is 7.02. The van der Waals surface area contributed by atoms with Gasteiger partial charge >= 0.3 is 5.97 Å². The molecule has 1 heterocycles. The fourth-order valence-electron chi connectivity index (χ4n) is 3.52. The van der Waals surface area contributed by atoms with Gasteiger partial charge in [-0.25, -0.2) is 4.79 Å². The number of hydrogen-bond donors (Lipinski definition) is 0. The first kappa shape index (κ1) is 20.2. The van der Waals surface area contributed by atoms with Crippen LogP contribution in [0.5, 0.6) is 0 Å². The van der Waals surface area contributed by atoms with Crippen LogP contribution in [0.15, 0.2) is 70.4 Å². The van der Waals surface area contributed by atoms with Crippen LogP contribution >= 0.6 is 0 Å². The van der Waals surface area contributed by atoms with Gasteiger partial charge < -0.3 is 4.74 Å².